The highest BCUT2D eigenvalue weighted by Gasteiger charge is 1.88. The molecule has 0 bridgehead atoms. The van der Waals surface area contributed by atoms with E-state index in [0.29, 0.717) is 0 Å². The summed E-state index contributed by atoms with van der Waals surface area (Å²) in [6.45, 7) is 0. The molecule has 0 aliphatic rings. The molecular weight excluding hydrogens is 95.1 g/mol. The van der Waals surface area contributed by atoms with Crippen LogP contribution in [0.15, 0.2) is 6.20 Å². The predicted octanol–water partition coefficient (Wildman–Crippen LogP) is 0.359. The average molecular weight is 99.1 g/mol. The molecule has 0 amide bonds. The number of nitrogens with zero attached hydrogens (tertiary/aromatic N) is 2. The van der Waals surface area contributed by atoms with Crippen LogP contribution in [-0.2, 0) is 7.05 Å². The molecule has 1 aromatic rings. The molecule has 0 atom stereocenters. The largest absolute Gasteiger partial charge is 0.263 e. The summed E-state index contributed by atoms with van der Waals surface area (Å²) >= 11 is 0. The number of halogens is 1. The first-order valence-corrected chi connectivity index (χ1v) is 1.86. The molecule has 0 N–H and O–H groups in total. The Kier molecular flexibility index (Phi) is 0.817. The molecular formula is C4H4FN2. The van der Waals surface area contributed by atoms with E-state index in [1.165, 1.54) is 4.68 Å². The van der Waals surface area contributed by atoms with Crippen molar-refractivity contribution in [1.82, 2.24) is 9.78 Å². The van der Waals surface area contributed by atoms with Crippen LogP contribution in [0.3, 0.4) is 0 Å². The molecule has 1 radical (unpaired) electrons. The van der Waals surface area contributed by atoms with Crippen LogP contribution in [0, 0.1) is 12.0 Å². The highest BCUT2D eigenvalue weighted by Crippen LogP contribution is 1.87. The molecule has 0 fully saturated rings. The monoisotopic (exact) mass is 99.0 g/mol. The van der Waals surface area contributed by atoms with Gasteiger partial charge in [-0.25, -0.2) is 4.39 Å². The van der Waals surface area contributed by atoms with Crippen LogP contribution in [0.1, 0.15) is 0 Å². The van der Waals surface area contributed by atoms with Gasteiger partial charge >= 0.3 is 0 Å². The number of hydrogen-bond donors (Lipinski definition) is 0. The van der Waals surface area contributed by atoms with Gasteiger partial charge in [0, 0.05) is 7.05 Å². The Morgan fingerprint density at radius 3 is 2.86 bits per heavy atom. The van der Waals surface area contributed by atoms with Crippen molar-refractivity contribution in [2.24, 2.45) is 7.05 Å². The van der Waals surface area contributed by atoms with E-state index in [1.54, 1.807) is 7.05 Å². The number of aryl methyl sites for hydroxylation is 1. The van der Waals surface area contributed by atoms with E-state index in [1.807, 2.05) is 0 Å². The van der Waals surface area contributed by atoms with Crippen molar-refractivity contribution in [1.29, 1.82) is 0 Å². The van der Waals surface area contributed by atoms with Gasteiger partial charge in [0.1, 0.15) is 6.20 Å². The van der Waals surface area contributed by atoms with Gasteiger partial charge in [-0.2, -0.15) is 5.10 Å². The number of aromatic nitrogens is 2. The van der Waals surface area contributed by atoms with E-state index in [9.17, 15) is 4.39 Å². The lowest BCUT2D eigenvalue weighted by Crippen LogP contribution is -1.84. The maximum atomic E-state index is 11.8. The summed E-state index contributed by atoms with van der Waals surface area (Å²) in [5.41, 5.74) is 0. The predicted molar refractivity (Wildman–Crippen MR) is 22.0 cm³/mol. The van der Waals surface area contributed by atoms with Crippen molar-refractivity contribution in [2.45, 2.75) is 0 Å². The molecule has 1 heterocycles. The lowest BCUT2D eigenvalue weighted by Gasteiger charge is -1.75. The molecule has 37 valence electrons. The molecule has 0 unspecified atom stereocenters. The minimum absolute atomic E-state index is 0.414. The SMILES string of the molecule is Cn1[c]c(F)cn1. The summed E-state index contributed by atoms with van der Waals surface area (Å²) in [6, 6.07) is 0. The molecule has 0 spiro atoms. The Labute approximate surface area is 40.6 Å². The van der Waals surface area contributed by atoms with Gasteiger partial charge in [-0.1, -0.05) is 0 Å². The smallest absolute Gasteiger partial charge is 0.170 e. The van der Waals surface area contributed by atoms with E-state index >= 15 is 0 Å². The maximum absolute atomic E-state index is 11.8. The lowest BCUT2D eigenvalue weighted by molar-refractivity contribution is 0.621. The Hall–Kier alpha value is -0.860. The third kappa shape index (κ3) is 0.765. The molecule has 0 aliphatic carbocycles. The molecule has 1 aromatic heterocycles. The molecule has 7 heavy (non-hydrogen) atoms. The summed E-state index contributed by atoms with van der Waals surface area (Å²) in [5.74, 6) is -0.414. The second-order valence-electron chi connectivity index (χ2n) is 1.23. The standard InChI is InChI=1S/C4H4FN2/c1-7-3-4(5)2-6-7/h2H,1H3. The van der Waals surface area contributed by atoms with Crippen LogP contribution in [0.25, 0.3) is 0 Å². The van der Waals surface area contributed by atoms with Gasteiger partial charge in [-0.3, -0.25) is 4.68 Å². The van der Waals surface area contributed by atoms with Crippen molar-refractivity contribution < 1.29 is 4.39 Å². The summed E-state index contributed by atoms with van der Waals surface area (Å²) < 4.78 is 13.1. The van der Waals surface area contributed by atoms with Crippen molar-refractivity contribution >= 4 is 0 Å². The second kappa shape index (κ2) is 1.33. The highest BCUT2D eigenvalue weighted by atomic mass is 19.1. The molecule has 3 heteroatoms. The first kappa shape index (κ1) is 4.30. The third-order valence-electron chi connectivity index (χ3n) is 0.613. The fourth-order valence-corrected chi connectivity index (χ4v) is 0.350. The van der Waals surface area contributed by atoms with Gasteiger partial charge in [0.15, 0.2) is 5.82 Å². The van der Waals surface area contributed by atoms with Crippen LogP contribution in [0.5, 0.6) is 0 Å². The van der Waals surface area contributed by atoms with Crippen molar-refractivity contribution in [2.75, 3.05) is 0 Å². The van der Waals surface area contributed by atoms with Crippen molar-refractivity contribution in [3.05, 3.63) is 18.2 Å². The van der Waals surface area contributed by atoms with E-state index in [0.717, 1.165) is 6.20 Å². The van der Waals surface area contributed by atoms with Gasteiger partial charge in [0.25, 0.3) is 0 Å². The topological polar surface area (TPSA) is 17.8 Å². The molecule has 0 aliphatic heterocycles. The minimum atomic E-state index is -0.414. The number of hydrogen-bond acceptors (Lipinski definition) is 1. The molecule has 2 nitrogen and oxygen atoms in total. The fourth-order valence-electron chi connectivity index (χ4n) is 0.350. The van der Waals surface area contributed by atoms with Gasteiger partial charge in [0.05, 0.1) is 6.20 Å². The Morgan fingerprint density at radius 1 is 2.00 bits per heavy atom. The molecule has 0 aromatic carbocycles. The van der Waals surface area contributed by atoms with E-state index < -0.39 is 5.82 Å². The van der Waals surface area contributed by atoms with E-state index in [4.69, 9.17) is 0 Å². The van der Waals surface area contributed by atoms with Crippen LogP contribution >= 0.6 is 0 Å². The van der Waals surface area contributed by atoms with Crippen LogP contribution in [0.2, 0.25) is 0 Å². The normalized spacial score (nSPS) is 9.43. The van der Waals surface area contributed by atoms with Gasteiger partial charge in [0.2, 0.25) is 0 Å². The average Bonchev–Trinajstić information content (AvgIpc) is 1.87. The summed E-state index contributed by atoms with van der Waals surface area (Å²) in [4.78, 5) is 0. The quantitative estimate of drug-likeness (QED) is 0.459. The summed E-state index contributed by atoms with van der Waals surface area (Å²) in [5, 5.41) is 3.50. The minimum Gasteiger partial charge on any atom is -0.263 e. The first-order valence-electron chi connectivity index (χ1n) is 1.86. The summed E-state index contributed by atoms with van der Waals surface area (Å²) in [6.07, 6.45) is 3.39. The summed E-state index contributed by atoms with van der Waals surface area (Å²) in [7, 11) is 1.61. The first-order chi connectivity index (χ1) is 3.29. The zero-order valence-corrected chi connectivity index (χ0v) is 3.85. The Balaban J connectivity index is 3.04. The third-order valence-corrected chi connectivity index (χ3v) is 0.613. The van der Waals surface area contributed by atoms with E-state index in [2.05, 4.69) is 11.3 Å². The highest BCUT2D eigenvalue weighted by molar-refractivity contribution is 4.79. The second-order valence-corrected chi connectivity index (χ2v) is 1.23. The zero-order chi connectivity index (χ0) is 5.28. The van der Waals surface area contributed by atoms with Crippen LogP contribution < -0.4 is 0 Å². The molecule has 0 saturated carbocycles. The molecule has 1 rings (SSSR count). The lowest BCUT2D eigenvalue weighted by atomic mass is 10.7. The Bertz CT molecular complexity index is 142. The van der Waals surface area contributed by atoms with Gasteiger partial charge in [-0.05, 0) is 0 Å². The Morgan fingerprint density at radius 2 is 2.71 bits per heavy atom. The zero-order valence-electron chi connectivity index (χ0n) is 3.85. The van der Waals surface area contributed by atoms with E-state index in [-0.39, 0.29) is 0 Å². The molecule has 0 saturated heterocycles. The number of rotatable bonds is 0. The fraction of sp³-hybridized carbons (Fsp3) is 0.250. The van der Waals surface area contributed by atoms with Crippen molar-refractivity contribution in [3.63, 3.8) is 0 Å². The van der Waals surface area contributed by atoms with Crippen molar-refractivity contribution in [3.8, 4) is 0 Å². The maximum Gasteiger partial charge on any atom is 0.170 e. The van der Waals surface area contributed by atoms with Crippen LogP contribution in [0.4, 0.5) is 4.39 Å². The van der Waals surface area contributed by atoms with Crippen LogP contribution in [-0.4, -0.2) is 9.78 Å². The van der Waals surface area contributed by atoms with Gasteiger partial charge in [-0.15, -0.1) is 0 Å². The van der Waals surface area contributed by atoms with Gasteiger partial charge < -0.3 is 0 Å².